The molecule has 0 saturated carbocycles. The van der Waals surface area contributed by atoms with Crippen LogP contribution in [0.25, 0.3) is 0 Å². The predicted octanol–water partition coefficient (Wildman–Crippen LogP) is 2.14. The van der Waals surface area contributed by atoms with Gasteiger partial charge in [0.1, 0.15) is 0 Å². The first-order valence-electron chi connectivity index (χ1n) is 6.55. The third kappa shape index (κ3) is 4.96. The summed E-state index contributed by atoms with van der Waals surface area (Å²) in [5.41, 5.74) is 1.12. The van der Waals surface area contributed by atoms with Crippen LogP contribution in [0.5, 0.6) is 0 Å². The molecule has 0 amide bonds. The van der Waals surface area contributed by atoms with E-state index in [9.17, 15) is 15.2 Å². The first kappa shape index (κ1) is 15.6. The average molecular weight is 266 g/mol. The van der Waals surface area contributed by atoms with Gasteiger partial charge in [-0.1, -0.05) is 26.0 Å². The summed E-state index contributed by atoms with van der Waals surface area (Å²) in [6, 6.07) is 6.62. The standard InChI is InChI=1S/C14H22N2O3/c1-3-14(2,11-17)10-15-9-8-12-4-6-13(7-5-12)16(18)19/h4-7,15,17H,3,8-11H2,1-2H3. The van der Waals surface area contributed by atoms with Gasteiger partial charge in [-0.3, -0.25) is 10.1 Å². The monoisotopic (exact) mass is 266 g/mol. The molecule has 5 nitrogen and oxygen atoms in total. The van der Waals surface area contributed by atoms with Gasteiger partial charge in [0.15, 0.2) is 0 Å². The number of benzene rings is 1. The summed E-state index contributed by atoms with van der Waals surface area (Å²) in [5.74, 6) is 0. The van der Waals surface area contributed by atoms with E-state index in [0.717, 1.165) is 31.5 Å². The molecule has 106 valence electrons. The highest BCUT2D eigenvalue weighted by atomic mass is 16.6. The summed E-state index contributed by atoms with van der Waals surface area (Å²) in [7, 11) is 0. The fraction of sp³-hybridized carbons (Fsp3) is 0.571. The highest BCUT2D eigenvalue weighted by Crippen LogP contribution is 2.18. The van der Waals surface area contributed by atoms with Gasteiger partial charge in [0.05, 0.1) is 4.92 Å². The molecule has 1 atom stereocenters. The van der Waals surface area contributed by atoms with E-state index in [-0.39, 0.29) is 17.7 Å². The lowest BCUT2D eigenvalue weighted by Crippen LogP contribution is -2.35. The van der Waals surface area contributed by atoms with E-state index in [1.54, 1.807) is 12.1 Å². The number of nitrogens with one attached hydrogen (secondary N) is 1. The molecule has 0 aromatic heterocycles. The molecular weight excluding hydrogens is 244 g/mol. The molecule has 1 aromatic rings. The highest BCUT2D eigenvalue weighted by molar-refractivity contribution is 5.32. The molecule has 5 heteroatoms. The van der Waals surface area contributed by atoms with Crippen molar-refractivity contribution in [3.05, 3.63) is 39.9 Å². The zero-order valence-electron chi connectivity index (χ0n) is 11.6. The highest BCUT2D eigenvalue weighted by Gasteiger charge is 2.19. The van der Waals surface area contributed by atoms with Crippen molar-refractivity contribution in [3.63, 3.8) is 0 Å². The normalized spacial score (nSPS) is 14.1. The number of hydrogen-bond donors (Lipinski definition) is 2. The molecule has 2 N–H and O–H groups in total. The number of nitro benzene ring substituents is 1. The Bertz CT molecular complexity index is 400. The Morgan fingerprint density at radius 1 is 1.37 bits per heavy atom. The van der Waals surface area contributed by atoms with Gasteiger partial charge in [0.2, 0.25) is 0 Å². The molecule has 1 rings (SSSR count). The van der Waals surface area contributed by atoms with Crippen LogP contribution in [0.2, 0.25) is 0 Å². The molecule has 0 spiro atoms. The van der Waals surface area contributed by atoms with Crippen molar-refractivity contribution >= 4 is 5.69 Å². The Morgan fingerprint density at radius 2 is 2.00 bits per heavy atom. The van der Waals surface area contributed by atoms with E-state index >= 15 is 0 Å². The van der Waals surface area contributed by atoms with Crippen LogP contribution < -0.4 is 5.32 Å². The van der Waals surface area contributed by atoms with Crippen LogP contribution in [-0.4, -0.2) is 29.7 Å². The van der Waals surface area contributed by atoms with Gasteiger partial charge in [-0.2, -0.15) is 0 Å². The second-order valence-corrected chi connectivity index (χ2v) is 5.17. The Balaban J connectivity index is 2.35. The maximum absolute atomic E-state index is 10.5. The number of nitro groups is 1. The summed E-state index contributed by atoms with van der Waals surface area (Å²) < 4.78 is 0. The molecule has 0 bridgehead atoms. The van der Waals surface area contributed by atoms with Crippen molar-refractivity contribution in [3.8, 4) is 0 Å². The fourth-order valence-corrected chi connectivity index (χ4v) is 1.70. The van der Waals surface area contributed by atoms with Crippen molar-refractivity contribution in [2.45, 2.75) is 26.7 Å². The SMILES string of the molecule is CCC(C)(CO)CNCCc1ccc([N+](=O)[O-])cc1. The largest absolute Gasteiger partial charge is 0.396 e. The lowest BCUT2D eigenvalue weighted by Gasteiger charge is -2.25. The van der Waals surface area contributed by atoms with Crippen LogP contribution in [0.15, 0.2) is 24.3 Å². The fourth-order valence-electron chi connectivity index (χ4n) is 1.70. The van der Waals surface area contributed by atoms with Crippen LogP contribution in [0.4, 0.5) is 5.69 Å². The summed E-state index contributed by atoms with van der Waals surface area (Å²) in [6.45, 7) is 5.86. The van der Waals surface area contributed by atoms with Crippen molar-refractivity contribution in [1.82, 2.24) is 5.32 Å². The van der Waals surface area contributed by atoms with Crippen LogP contribution in [0.3, 0.4) is 0 Å². The van der Waals surface area contributed by atoms with Crippen molar-refractivity contribution in [2.24, 2.45) is 5.41 Å². The average Bonchev–Trinajstić information content (AvgIpc) is 2.44. The summed E-state index contributed by atoms with van der Waals surface area (Å²) in [6.07, 6.45) is 1.75. The zero-order chi connectivity index (χ0) is 14.3. The zero-order valence-corrected chi connectivity index (χ0v) is 11.6. The van der Waals surface area contributed by atoms with E-state index < -0.39 is 4.92 Å². The van der Waals surface area contributed by atoms with Crippen LogP contribution >= 0.6 is 0 Å². The summed E-state index contributed by atoms with van der Waals surface area (Å²) in [4.78, 5) is 10.1. The summed E-state index contributed by atoms with van der Waals surface area (Å²) >= 11 is 0. The maximum Gasteiger partial charge on any atom is 0.269 e. The van der Waals surface area contributed by atoms with E-state index in [1.807, 2.05) is 6.92 Å². The quantitative estimate of drug-likeness (QED) is 0.429. The molecule has 0 aliphatic rings. The maximum atomic E-state index is 10.5. The molecule has 0 fully saturated rings. The first-order chi connectivity index (χ1) is 9.00. The Morgan fingerprint density at radius 3 is 2.47 bits per heavy atom. The lowest BCUT2D eigenvalue weighted by atomic mass is 9.88. The summed E-state index contributed by atoms with van der Waals surface area (Å²) in [5, 5.41) is 23.1. The van der Waals surface area contributed by atoms with Crippen LogP contribution in [-0.2, 0) is 6.42 Å². The molecule has 1 aromatic carbocycles. The van der Waals surface area contributed by atoms with E-state index in [1.165, 1.54) is 12.1 Å². The number of nitrogens with zero attached hydrogens (tertiary/aromatic N) is 1. The van der Waals surface area contributed by atoms with Gasteiger partial charge in [0, 0.05) is 30.7 Å². The molecule has 0 saturated heterocycles. The second kappa shape index (κ2) is 7.21. The lowest BCUT2D eigenvalue weighted by molar-refractivity contribution is -0.384. The topological polar surface area (TPSA) is 75.4 Å². The van der Waals surface area contributed by atoms with Crippen LogP contribution in [0, 0.1) is 15.5 Å². The molecule has 0 heterocycles. The van der Waals surface area contributed by atoms with E-state index in [0.29, 0.717) is 0 Å². The van der Waals surface area contributed by atoms with Gasteiger partial charge in [-0.15, -0.1) is 0 Å². The smallest absolute Gasteiger partial charge is 0.269 e. The molecule has 0 aliphatic heterocycles. The minimum Gasteiger partial charge on any atom is -0.396 e. The van der Waals surface area contributed by atoms with Crippen molar-refractivity contribution < 1.29 is 10.0 Å². The Labute approximate surface area is 113 Å². The predicted molar refractivity (Wildman–Crippen MR) is 75.2 cm³/mol. The number of rotatable bonds is 8. The number of aliphatic hydroxyl groups excluding tert-OH is 1. The van der Waals surface area contributed by atoms with Gasteiger partial charge >= 0.3 is 0 Å². The van der Waals surface area contributed by atoms with Crippen molar-refractivity contribution in [2.75, 3.05) is 19.7 Å². The third-order valence-corrected chi connectivity index (χ3v) is 3.52. The van der Waals surface area contributed by atoms with E-state index in [2.05, 4.69) is 12.2 Å². The minimum atomic E-state index is -0.393. The number of hydrogen-bond acceptors (Lipinski definition) is 4. The Kier molecular flexibility index (Phi) is 5.92. The van der Waals surface area contributed by atoms with Gasteiger partial charge in [-0.05, 0) is 24.9 Å². The minimum absolute atomic E-state index is 0.0739. The van der Waals surface area contributed by atoms with Gasteiger partial charge in [0.25, 0.3) is 5.69 Å². The molecule has 19 heavy (non-hydrogen) atoms. The van der Waals surface area contributed by atoms with Crippen LogP contribution in [0.1, 0.15) is 25.8 Å². The van der Waals surface area contributed by atoms with E-state index in [4.69, 9.17) is 0 Å². The van der Waals surface area contributed by atoms with Gasteiger partial charge in [-0.25, -0.2) is 0 Å². The number of aliphatic hydroxyl groups is 1. The molecule has 1 unspecified atom stereocenters. The first-order valence-corrected chi connectivity index (χ1v) is 6.55. The third-order valence-electron chi connectivity index (χ3n) is 3.52. The molecule has 0 radical (unpaired) electrons. The molecule has 0 aliphatic carbocycles. The number of non-ortho nitro benzene ring substituents is 1. The van der Waals surface area contributed by atoms with Crippen molar-refractivity contribution in [1.29, 1.82) is 0 Å². The second-order valence-electron chi connectivity index (χ2n) is 5.17. The van der Waals surface area contributed by atoms with Gasteiger partial charge < -0.3 is 10.4 Å². The molecular formula is C14H22N2O3. The Hall–Kier alpha value is -1.46.